The fraction of sp³-hybridized carbons (Fsp3) is 0.368. The van der Waals surface area contributed by atoms with Gasteiger partial charge in [0.2, 0.25) is 0 Å². The highest BCUT2D eigenvalue weighted by atomic mass is 16.3. The minimum atomic E-state index is -0.631. The van der Waals surface area contributed by atoms with E-state index in [1.54, 1.807) is 0 Å². The quantitative estimate of drug-likeness (QED) is 0.285. The first-order valence-electron chi connectivity index (χ1n) is 14.2. The number of hydrogen-bond acceptors (Lipinski definition) is 1. The van der Waals surface area contributed by atoms with Crippen molar-refractivity contribution in [3.05, 3.63) is 107 Å². The summed E-state index contributed by atoms with van der Waals surface area (Å²) in [5.74, 6) is 0. The number of aliphatic hydroxyl groups is 1. The fourth-order valence-corrected chi connectivity index (χ4v) is 5.29. The van der Waals surface area contributed by atoms with Gasteiger partial charge in [-0.1, -0.05) is 147 Å². The summed E-state index contributed by atoms with van der Waals surface area (Å²) in [5.41, 5.74) is 11.9. The number of benzene rings is 4. The molecule has 0 aliphatic rings. The van der Waals surface area contributed by atoms with E-state index in [2.05, 4.69) is 147 Å². The van der Waals surface area contributed by atoms with E-state index < -0.39 is 6.10 Å². The second kappa shape index (κ2) is 10.4. The average Bonchev–Trinajstić information content (AvgIpc) is 2.86. The molecule has 0 radical (unpaired) electrons. The van der Waals surface area contributed by atoms with E-state index in [9.17, 15) is 5.11 Å². The number of hydrogen-bond donors (Lipinski definition) is 1. The van der Waals surface area contributed by atoms with Crippen LogP contribution in [0.25, 0.3) is 33.4 Å². The summed E-state index contributed by atoms with van der Waals surface area (Å²) < 4.78 is 0. The van der Waals surface area contributed by atoms with Crippen molar-refractivity contribution in [2.75, 3.05) is 0 Å². The summed E-state index contributed by atoms with van der Waals surface area (Å²) in [6.07, 6.45) is -0.631. The van der Waals surface area contributed by atoms with Gasteiger partial charge in [-0.2, -0.15) is 0 Å². The normalized spacial score (nSPS) is 13.4. The van der Waals surface area contributed by atoms with Crippen LogP contribution in [0.4, 0.5) is 0 Å². The van der Waals surface area contributed by atoms with E-state index >= 15 is 0 Å². The Morgan fingerprint density at radius 2 is 0.744 bits per heavy atom. The molecule has 39 heavy (non-hydrogen) atoms. The first-order valence-corrected chi connectivity index (χ1v) is 14.2. The predicted molar refractivity (Wildman–Crippen MR) is 169 cm³/mol. The van der Waals surface area contributed by atoms with Crippen molar-refractivity contribution < 1.29 is 5.11 Å². The van der Waals surface area contributed by atoms with Gasteiger partial charge in [-0.05, 0) is 78.8 Å². The Morgan fingerprint density at radius 1 is 0.436 bits per heavy atom. The average molecular weight is 519 g/mol. The highest BCUT2D eigenvalue weighted by Crippen LogP contribution is 2.44. The van der Waals surface area contributed by atoms with E-state index in [-0.39, 0.29) is 16.2 Å². The van der Waals surface area contributed by atoms with Gasteiger partial charge in [0.1, 0.15) is 0 Å². The Kier molecular flexibility index (Phi) is 7.71. The molecule has 0 bridgehead atoms. The highest BCUT2D eigenvalue weighted by molar-refractivity contribution is 5.91. The van der Waals surface area contributed by atoms with Crippen molar-refractivity contribution in [1.82, 2.24) is 0 Å². The maximum atomic E-state index is 11.3. The minimum absolute atomic E-state index is 0.0773. The number of aliphatic hydroxyl groups excluding tert-OH is 1. The fourth-order valence-electron chi connectivity index (χ4n) is 5.29. The SMILES string of the molecule is C[C@H](O)c1c(-c2ccc(C(C)(C)C)cc2)ccc(-c2ccc(C(C)(C)C)cc2)c1-c1ccc(C(C)(C)C)cc1. The Bertz CT molecular complexity index is 1410. The molecule has 0 saturated carbocycles. The minimum Gasteiger partial charge on any atom is -0.389 e. The van der Waals surface area contributed by atoms with Crippen molar-refractivity contribution in [3.63, 3.8) is 0 Å². The standard InChI is InChI=1S/C38H46O/c1-25(39)34-32(26-11-17-29(18-12-26)36(2,3)4)23-24-33(27-13-19-30(20-14-27)37(5,6)7)35(34)28-15-21-31(22-16-28)38(8,9)10/h11-25,39H,1-10H3/t25-/m0/s1. The van der Waals surface area contributed by atoms with Crippen LogP contribution in [0.5, 0.6) is 0 Å². The molecule has 0 unspecified atom stereocenters. The lowest BCUT2D eigenvalue weighted by Gasteiger charge is -2.25. The third-order valence-corrected chi connectivity index (χ3v) is 7.83. The topological polar surface area (TPSA) is 20.2 Å². The molecule has 0 aliphatic heterocycles. The maximum absolute atomic E-state index is 11.3. The van der Waals surface area contributed by atoms with E-state index in [4.69, 9.17) is 0 Å². The van der Waals surface area contributed by atoms with Crippen molar-refractivity contribution in [2.45, 2.75) is 91.6 Å². The smallest absolute Gasteiger partial charge is 0.0774 e. The van der Waals surface area contributed by atoms with Gasteiger partial charge >= 0.3 is 0 Å². The van der Waals surface area contributed by atoms with Crippen LogP contribution in [0.15, 0.2) is 84.9 Å². The molecule has 0 saturated heterocycles. The van der Waals surface area contributed by atoms with Crippen LogP contribution >= 0.6 is 0 Å². The van der Waals surface area contributed by atoms with Crippen LogP contribution < -0.4 is 0 Å². The Morgan fingerprint density at radius 3 is 1.08 bits per heavy atom. The lowest BCUT2D eigenvalue weighted by Crippen LogP contribution is -2.11. The van der Waals surface area contributed by atoms with Gasteiger partial charge in [-0.3, -0.25) is 0 Å². The Hall–Kier alpha value is -3.16. The van der Waals surface area contributed by atoms with Gasteiger partial charge in [0, 0.05) is 0 Å². The summed E-state index contributed by atoms with van der Waals surface area (Å²) in [4.78, 5) is 0. The molecule has 1 atom stereocenters. The molecule has 0 heterocycles. The second-order valence-electron chi connectivity index (χ2n) is 14.1. The molecule has 0 aliphatic carbocycles. The monoisotopic (exact) mass is 518 g/mol. The van der Waals surface area contributed by atoms with E-state index in [1.807, 2.05) is 6.92 Å². The largest absolute Gasteiger partial charge is 0.389 e. The van der Waals surface area contributed by atoms with E-state index in [1.165, 1.54) is 16.7 Å². The van der Waals surface area contributed by atoms with Crippen LogP contribution in [0.3, 0.4) is 0 Å². The van der Waals surface area contributed by atoms with Gasteiger partial charge in [-0.15, -0.1) is 0 Å². The zero-order valence-corrected chi connectivity index (χ0v) is 25.6. The molecule has 0 aromatic heterocycles. The van der Waals surface area contributed by atoms with Crippen LogP contribution in [-0.2, 0) is 16.2 Å². The van der Waals surface area contributed by atoms with Gasteiger partial charge in [-0.25, -0.2) is 0 Å². The second-order valence-corrected chi connectivity index (χ2v) is 14.1. The van der Waals surface area contributed by atoms with Gasteiger partial charge in [0.25, 0.3) is 0 Å². The molecule has 0 amide bonds. The summed E-state index contributed by atoms with van der Waals surface area (Å²) in [5, 5.41) is 11.3. The Labute approximate surface area is 237 Å². The first kappa shape index (κ1) is 28.8. The van der Waals surface area contributed by atoms with Crippen molar-refractivity contribution in [1.29, 1.82) is 0 Å². The molecule has 4 rings (SSSR count). The first-order chi connectivity index (χ1) is 18.1. The van der Waals surface area contributed by atoms with E-state index in [0.717, 1.165) is 38.9 Å². The molecule has 1 nitrogen and oxygen atoms in total. The molecule has 1 heteroatoms. The zero-order valence-electron chi connectivity index (χ0n) is 25.6. The zero-order chi connectivity index (χ0) is 28.8. The van der Waals surface area contributed by atoms with Crippen molar-refractivity contribution in [2.24, 2.45) is 0 Å². The van der Waals surface area contributed by atoms with Gasteiger partial charge in [0.05, 0.1) is 6.10 Å². The number of rotatable bonds is 4. The highest BCUT2D eigenvalue weighted by Gasteiger charge is 2.23. The summed E-state index contributed by atoms with van der Waals surface area (Å²) in [6.45, 7) is 22.1. The van der Waals surface area contributed by atoms with Crippen LogP contribution in [0, 0.1) is 0 Å². The lowest BCUT2D eigenvalue weighted by atomic mass is 9.80. The molecular formula is C38H46O. The summed E-state index contributed by atoms with van der Waals surface area (Å²) in [6, 6.07) is 31.1. The summed E-state index contributed by atoms with van der Waals surface area (Å²) >= 11 is 0. The van der Waals surface area contributed by atoms with Gasteiger partial charge in [0.15, 0.2) is 0 Å². The molecule has 4 aromatic rings. The van der Waals surface area contributed by atoms with E-state index in [0.29, 0.717) is 0 Å². The third-order valence-electron chi connectivity index (χ3n) is 7.83. The molecule has 0 fully saturated rings. The summed E-state index contributed by atoms with van der Waals surface area (Å²) in [7, 11) is 0. The molecule has 1 N–H and O–H groups in total. The molecule has 204 valence electrons. The molecule has 0 spiro atoms. The maximum Gasteiger partial charge on any atom is 0.0774 e. The van der Waals surface area contributed by atoms with Gasteiger partial charge < -0.3 is 5.11 Å². The Balaban J connectivity index is 1.97. The third kappa shape index (κ3) is 6.20. The lowest BCUT2D eigenvalue weighted by molar-refractivity contribution is 0.200. The van der Waals surface area contributed by atoms with Crippen molar-refractivity contribution in [3.8, 4) is 33.4 Å². The van der Waals surface area contributed by atoms with Crippen molar-refractivity contribution >= 4 is 0 Å². The van der Waals surface area contributed by atoms with Crippen LogP contribution in [0.2, 0.25) is 0 Å². The van der Waals surface area contributed by atoms with Crippen LogP contribution in [-0.4, -0.2) is 5.11 Å². The molecule has 4 aromatic carbocycles. The predicted octanol–water partition coefficient (Wildman–Crippen LogP) is 10.6. The molecular weight excluding hydrogens is 472 g/mol. The van der Waals surface area contributed by atoms with Crippen LogP contribution in [0.1, 0.15) is 97.6 Å².